The number of fused-ring (bicyclic) bond motifs is 1. The number of anilines is 2. The Bertz CT molecular complexity index is 1670. The lowest BCUT2D eigenvalue weighted by atomic mass is 9.92. The van der Waals surface area contributed by atoms with Crippen molar-refractivity contribution >= 4 is 22.7 Å². The van der Waals surface area contributed by atoms with Crippen molar-refractivity contribution in [3.05, 3.63) is 83.4 Å². The van der Waals surface area contributed by atoms with Gasteiger partial charge in [-0.2, -0.15) is 4.98 Å². The fraction of sp³-hybridized carbons (Fsp3) is 0.323. The minimum atomic E-state index is -0.0746. The molecule has 9 nitrogen and oxygen atoms in total. The Morgan fingerprint density at radius 1 is 0.950 bits per heavy atom. The molecular formula is C31H31N7O2. The fourth-order valence-corrected chi connectivity index (χ4v) is 6.03. The predicted octanol–water partition coefficient (Wildman–Crippen LogP) is 5.83. The van der Waals surface area contributed by atoms with Gasteiger partial charge in [0.2, 0.25) is 5.95 Å². The second kappa shape index (κ2) is 10.7. The van der Waals surface area contributed by atoms with Crippen LogP contribution in [0, 0.1) is 0 Å². The van der Waals surface area contributed by atoms with Crippen molar-refractivity contribution in [3.8, 4) is 22.6 Å². The Morgan fingerprint density at radius 3 is 2.55 bits per heavy atom. The molecule has 9 heteroatoms. The van der Waals surface area contributed by atoms with Gasteiger partial charge in [-0.1, -0.05) is 25.0 Å². The van der Waals surface area contributed by atoms with E-state index in [9.17, 15) is 4.79 Å². The van der Waals surface area contributed by atoms with E-state index in [1.807, 2.05) is 22.8 Å². The maximum atomic E-state index is 13.9. The molecule has 1 aromatic carbocycles. The second-order valence-corrected chi connectivity index (χ2v) is 10.7. The SMILES string of the molecule is O=c1c(-c2ccc(-c3cnco3)cn2)cc2cnc(Nc3ccc(C4CCCNC4)cc3)nc2n1C1CCCC1. The topological polar surface area (TPSA) is 111 Å². The van der Waals surface area contributed by atoms with Crippen molar-refractivity contribution in [2.45, 2.75) is 50.5 Å². The minimum Gasteiger partial charge on any atom is -0.443 e. The summed E-state index contributed by atoms with van der Waals surface area (Å²) in [4.78, 5) is 32.0. The smallest absolute Gasteiger partial charge is 0.261 e. The largest absolute Gasteiger partial charge is 0.443 e. The lowest BCUT2D eigenvalue weighted by molar-refractivity contribution is 0.461. The van der Waals surface area contributed by atoms with Crippen molar-refractivity contribution < 1.29 is 4.42 Å². The zero-order valence-corrected chi connectivity index (χ0v) is 22.2. The van der Waals surface area contributed by atoms with Crippen LogP contribution >= 0.6 is 0 Å². The lowest BCUT2D eigenvalue weighted by Gasteiger charge is -2.23. The summed E-state index contributed by atoms with van der Waals surface area (Å²) in [5.41, 5.74) is 4.81. The second-order valence-electron chi connectivity index (χ2n) is 10.7. The number of hydrogen-bond acceptors (Lipinski definition) is 8. The van der Waals surface area contributed by atoms with E-state index in [1.54, 1.807) is 18.6 Å². The van der Waals surface area contributed by atoms with Crippen molar-refractivity contribution in [3.63, 3.8) is 0 Å². The van der Waals surface area contributed by atoms with Gasteiger partial charge in [0.25, 0.3) is 5.56 Å². The molecule has 0 spiro atoms. The number of benzene rings is 1. The number of nitrogens with zero attached hydrogens (tertiary/aromatic N) is 5. The van der Waals surface area contributed by atoms with E-state index in [0.29, 0.717) is 34.5 Å². The van der Waals surface area contributed by atoms with Gasteiger partial charge in [-0.3, -0.25) is 14.3 Å². The van der Waals surface area contributed by atoms with Crippen LogP contribution in [0.25, 0.3) is 33.6 Å². The molecule has 0 bridgehead atoms. The maximum absolute atomic E-state index is 13.9. The third kappa shape index (κ3) is 4.77. The Balaban J connectivity index is 1.23. The number of pyridine rings is 2. The zero-order chi connectivity index (χ0) is 26.9. The van der Waals surface area contributed by atoms with Crippen LogP contribution in [-0.4, -0.2) is 37.6 Å². The first kappa shape index (κ1) is 24.7. The van der Waals surface area contributed by atoms with Gasteiger partial charge in [0.15, 0.2) is 12.2 Å². The number of aromatic nitrogens is 5. The number of piperidine rings is 1. The van der Waals surface area contributed by atoms with Gasteiger partial charge in [0, 0.05) is 41.6 Å². The van der Waals surface area contributed by atoms with Crippen LogP contribution in [0.1, 0.15) is 56.0 Å². The van der Waals surface area contributed by atoms with Gasteiger partial charge >= 0.3 is 0 Å². The van der Waals surface area contributed by atoms with Crippen molar-refractivity contribution in [2.24, 2.45) is 0 Å². The van der Waals surface area contributed by atoms with Gasteiger partial charge in [-0.25, -0.2) is 9.97 Å². The quantitative estimate of drug-likeness (QED) is 0.280. The molecular weight excluding hydrogens is 502 g/mol. The van der Waals surface area contributed by atoms with Gasteiger partial charge in [0.1, 0.15) is 5.65 Å². The molecule has 2 aliphatic rings. The fourth-order valence-electron chi connectivity index (χ4n) is 6.03. The van der Waals surface area contributed by atoms with E-state index in [4.69, 9.17) is 9.40 Å². The van der Waals surface area contributed by atoms with E-state index in [0.717, 1.165) is 55.4 Å². The molecule has 5 aromatic rings. The Hall–Kier alpha value is -4.37. The highest BCUT2D eigenvalue weighted by Crippen LogP contribution is 2.32. The standard InChI is InChI=1S/C31H31N7O2/c39-30-26(27-12-9-22(16-34-27)28-18-33-19-40-28)14-23-17-35-31(37-29(23)38(30)25-5-1-2-6-25)36-24-10-7-20(8-11-24)21-4-3-13-32-15-21/h7-12,14,16-19,21,25,32H,1-6,13,15H2,(H,35,36,37). The van der Waals surface area contributed by atoms with Crippen LogP contribution in [0.3, 0.4) is 0 Å². The average molecular weight is 534 g/mol. The molecule has 40 heavy (non-hydrogen) atoms. The van der Waals surface area contributed by atoms with Crippen LogP contribution < -0.4 is 16.2 Å². The van der Waals surface area contributed by atoms with E-state index >= 15 is 0 Å². The molecule has 1 atom stereocenters. The van der Waals surface area contributed by atoms with Crippen molar-refractivity contribution in [1.82, 2.24) is 29.8 Å². The van der Waals surface area contributed by atoms with Crippen LogP contribution in [-0.2, 0) is 0 Å². The number of oxazole rings is 1. The molecule has 1 aliphatic heterocycles. The van der Waals surface area contributed by atoms with E-state index in [2.05, 4.69) is 49.9 Å². The first-order valence-electron chi connectivity index (χ1n) is 14.1. The molecule has 0 amide bonds. The Morgan fingerprint density at radius 2 is 1.82 bits per heavy atom. The molecule has 1 saturated carbocycles. The third-order valence-corrected chi connectivity index (χ3v) is 8.15. The molecule has 0 radical (unpaired) electrons. The highest BCUT2D eigenvalue weighted by molar-refractivity contribution is 5.81. The summed E-state index contributed by atoms with van der Waals surface area (Å²) in [5, 5.41) is 7.65. The third-order valence-electron chi connectivity index (χ3n) is 8.15. The zero-order valence-electron chi connectivity index (χ0n) is 22.2. The highest BCUT2D eigenvalue weighted by atomic mass is 16.3. The monoisotopic (exact) mass is 533 g/mol. The molecule has 2 N–H and O–H groups in total. The van der Waals surface area contributed by atoms with Crippen LogP contribution in [0.5, 0.6) is 0 Å². The van der Waals surface area contributed by atoms with Crippen LogP contribution in [0.2, 0.25) is 0 Å². The van der Waals surface area contributed by atoms with Crippen LogP contribution in [0.4, 0.5) is 11.6 Å². The van der Waals surface area contributed by atoms with Gasteiger partial charge in [-0.05, 0) is 74.0 Å². The van der Waals surface area contributed by atoms with Gasteiger partial charge in [0.05, 0.1) is 17.5 Å². The normalized spacial score (nSPS) is 17.9. The van der Waals surface area contributed by atoms with Gasteiger partial charge in [-0.15, -0.1) is 0 Å². The molecule has 1 saturated heterocycles. The predicted molar refractivity (Wildman–Crippen MR) is 155 cm³/mol. The van der Waals surface area contributed by atoms with E-state index < -0.39 is 0 Å². The van der Waals surface area contributed by atoms with E-state index in [1.165, 1.54) is 24.8 Å². The molecule has 2 fully saturated rings. The Labute approximate surface area is 231 Å². The summed E-state index contributed by atoms with van der Waals surface area (Å²) in [7, 11) is 0. The number of nitrogens with one attached hydrogen (secondary N) is 2. The summed E-state index contributed by atoms with van der Waals surface area (Å²) in [6.45, 7) is 2.14. The molecule has 5 heterocycles. The molecule has 1 unspecified atom stereocenters. The minimum absolute atomic E-state index is 0.0746. The summed E-state index contributed by atoms with van der Waals surface area (Å²) in [5.74, 6) is 1.67. The summed E-state index contributed by atoms with van der Waals surface area (Å²) in [6.07, 6.45) is 13.1. The molecule has 1 aliphatic carbocycles. The summed E-state index contributed by atoms with van der Waals surface area (Å²) >= 11 is 0. The van der Waals surface area contributed by atoms with Crippen molar-refractivity contribution in [1.29, 1.82) is 0 Å². The highest BCUT2D eigenvalue weighted by Gasteiger charge is 2.24. The summed E-state index contributed by atoms with van der Waals surface area (Å²) < 4.78 is 7.25. The summed E-state index contributed by atoms with van der Waals surface area (Å²) in [6, 6.07) is 14.2. The molecule has 7 rings (SSSR count). The maximum Gasteiger partial charge on any atom is 0.261 e. The number of rotatable bonds is 6. The molecule has 4 aromatic heterocycles. The average Bonchev–Trinajstić information content (AvgIpc) is 3.74. The van der Waals surface area contributed by atoms with Gasteiger partial charge < -0.3 is 15.1 Å². The Kier molecular flexibility index (Phi) is 6.57. The first-order valence-corrected chi connectivity index (χ1v) is 14.1. The molecule has 202 valence electrons. The lowest BCUT2D eigenvalue weighted by Crippen LogP contribution is -2.28. The van der Waals surface area contributed by atoms with E-state index in [-0.39, 0.29) is 11.6 Å². The first-order chi connectivity index (χ1) is 19.7. The van der Waals surface area contributed by atoms with Crippen LogP contribution in [0.15, 0.2) is 76.7 Å². The van der Waals surface area contributed by atoms with Crippen molar-refractivity contribution in [2.75, 3.05) is 18.4 Å². The number of hydrogen-bond donors (Lipinski definition) is 2.